The Labute approximate surface area is 81.0 Å². The van der Waals surface area contributed by atoms with E-state index in [-0.39, 0.29) is 24.8 Å². The van der Waals surface area contributed by atoms with Crippen LogP contribution in [0.25, 0.3) is 0 Å². The molecule has 80 valence electrons. The molecule has 12 heavy (non-hydrogen) atoms. The summed E-state index contributed by atoms with van der Waals surface area (Å²) in [5.41, 5.74) is 0. The highest BCUT2D eigenvalue weighted by atomic mass is 35.5. The van der Waals surface area contributed by atoms with Crippen molar-refractivity contribution in [3.05, 3.63) is 0 Å². The first kappa shape index (κ1) is 22.8. The van der Waals surface area contributed by atoms with E-state index in [1.807, 2.05) is 0 Å². The molecule has 0 saturated carbocycles. The zero-order chi connectivity index (χ0) is 9.00. The van der Waals surface area contributed by atoms with E-state index in [0.29, 0.717) is 0 Å². The summed E-state index contributed by atoms with van der Waals surface area (Å²) in [4.78, 5) is 0. The summed E-state index contributed by atoms with van der Waals surface area (Å²) < 4.78 is 68.2. The molecule has 12 heteroatoms. The molecule has 0 aromatic rings. The lowest BCUT2D eigenvalue weighted by molar-refractivity contribution is -0.001000. The number of hydrogen-bond acceptors (Lipinski definition) is 8. The first-order valence-corrected chi connectivity index (χ1v) is 4.00. The van der Waals surface area contributed by atoms with Crippen LogP contribution in [-0.4, -0.2) is 35.0 Å². The van der Waals surface area contributed by atoms with Crippen LogP contribution in [0.4, 0.5) is 0 Å². The minimum Gasteiger partial charge on any atom is -1.00 e. The second-order valence-corrected chi connectivity index (χ2v) is 2.45. The van der Waals surface area contributed by atoms with E-state index >= 15 is 0 Å². The van der Waals surface area contributed by atoms with Crippen molar-refractivity contribution >= 4 is 20.8 Å². The highest BCUT2D eigenvalue weighted by Crippen LogP contribution is 1.58. The van der Waals surface area contributed by atoms with Gasteiger partial charge in [0.15, 0.2) is 0 Å². The molecule has 0 aliphatic carbocycles. The molecule has 0 rings (SSSR count). The first-order chi connectivity index (χ1) is 4.00. The molecule has 0 fully saturated rings. The van der Waals surface area contributed by atoms with Crippen LogP contribution in [0.3, 0.4) is 0 Å². The average Bonchev–Trinajstić information content (AvgIpc) is 1.12. The van der Waals surface area contributed by atoms with Gasteiger partial charge in [-0.25, -0.2) is 0 Å². The number of hydrogen-bond donors (Lipinski definition) is 0. The quantitative estimate of drug-likeness (QED) is 0.307. The first-order valence-electron chi connectivity index (χ1n) is 1.33. The summed E-state index contributed by atoms with van der Waals surface area (Å²) in [6.07, 6.45) is 0. The summed E-state index contributed by atoms with van der Waals surface area (Å²) in [5.74, 6) is 0. The summed E-state index contributed by atoms with van der Waals surface area (Å²) >= 11 is 0. The van der Waals surface area contributed by atoms with Gasteiger partial charge in [0.2, 0.25) is 0 Å². The molecular formula is Cl2O8S2-6. The van der Waals surface area contributed by atoms with Crippen LogP contribution in [0, 0.1) is 0 Å². The van der Waals surface area contributed by atoms with Crippen molar-refractivity contribution in [1.82, 2.24) is 0 Å². The Hall–Kier alpha value is 0.320. The predicted octanol–water partition coefficient (Wildman–Crippen LogP) is -8.67. The molecule has 0 spiro atoms. The molecule has 0 aliphatic heterocycles. The zero-order valence-electron chi connectivity index (χ0n) is 4.84. The van der Waals surface area contributed by atoms with Crippen molar-refractivity contribution in [2.24, 2.45) is 0 Å². The second kappa shape index (κ2) is 7.94. The molecule has 0 radical (unpaired) electrons. The summed E-state index contributed by atoms with van der Waals surface area (Å²) in [7, 11) is -10.3. The SMILES string of the molecule is O=S(=O)([O-])[O-].O=S(=O)([O-])[O-].[Cl-].[Cl-]. The third-order valence-corrected chi connectivity index (χ3v) is 0. The van der Waals surface area contributed by atoms with Crippen LogP contribution in [-0.2, 0) is 20.8 Å². The molecule has 0 saturated heterocycles. The summed E-state index contributed by atoms with van der Waals surface area (Å²) in [5, 5.41) is 0. The van der Waals surface area contributed by atoms with Gasteiger partial charge in [0.1, 0.15) is 0 Å². The Bertz CT molecular complexity index is 211. The van der Waals surface area contributed by atoms with Crippen LogP contribution in [0.5, 0.6) is 0 Å². The molecule has 0 aromatic carbocycles. The van der Waals surface area contributed by atoms with E-state index in [4.69, 9.17) is 35.0 Å². The molecule has 0 bridgehead atoms. The van der Waals surface area contributed by atoms with Crippen molar-refractivity contribution in [1.29, 1.82) is 0 Å². The van der Waals surface area contributed by atoms with Gasteiger partial charge < -0.3 is 43.0 Å². The molecule has 0 heterocycles. The Morgan fingerprint density at radius 1 is 0.583 bits per heavy atom. The van der Waals surface area contributed by atoms with Gasteiger partial charge in [0.05, 0.1) is 0 Å². The fourth-order valence-corrected chi connectivity index (χ4v) is 0. The van der Waals surface area contributed by atoms with Crippen LogP contribution in [0.1, 0.15) is 0 Å². The van der Waals surface area contributed by atoms with Gasteiger partial charge in [-0.3, -0.25) is 16.8 Å². The monoisotopic (exact) mass is 262 g/mol. The highest BCUT2D eigenvalue weighted by Gasteiger charge is 1.50. The number of rotatable bonds is 0. The third-order valence-electron chi connectivity index (χ3n) is 0. The molecule has 0 amide bonds. The Morgan fingerprint density at radius 2 is 0.583 bits per heavy atom. The van der Waals surface area contributed by atoms with Gasteiger partial charge in [0, 0.05) is 20.8 Å². The van der Waals surface area contributed by atoms with E-state index in [0.717, 1.165) is 0 Å². The van der Waals surface area contributed by atoms with Gasteiger partial charge in [0.25, 0.3) is 0 Å². The van der Waals surface area contributed by atoms with Crippen LogP contribution in [0.2, 0.25) is 0 Å². The molecule has 0 unspecified atom stereocenters. The van der Waals surface area contributed by atoms with Gasteiger partial charge in [-0.15, -0.1) is 0 Å². The van der Waals surface area contributed by atoms with Crippen molar-refractivity contribution in [2.75, 3.05) is 0 Å². The minimum absolute atomic E-state index is 0. The largest absolute Gasteiger partial charge is 1.00 e. The second-order valence-electron chi connectivity index (χ2n) is 0.816. The van der Waals surface area contributed by atoms with E-state index in [1.165, 1.54) is 0 Å². The minimum atomic E-state index is -5.17. The maximum atomic E-state index is 8.52. The zero-order valence-corrected chi connectivity index (χ0v) is 7.98. The van der Waals surface area contributed by atoms with Crippen molar-refractivity contribution in [3.8, 4) is 0 Å². The van der Waals surface area contributed by atoms with Crippen LogP contribution in [0.15, 0.2) is 0 Å². The van der Waals surface area contributed by atoms with Crippen molar-refractivity contribution in [3.63, 3.8) is 0 Å². The standard InChI is InChI=1S/2ClH.2H2O4S/c;;2*1-5(2,3)4/h2*1H;2*(H2,1,2,3,4)/p-6. The van der Waals surface area contributed by atoms with Crippen LogP contribution >= 0.6 is 0 Å². The molecule has 8 nitrogen and oxygen atoms in total. The summed E-state index contributed by atoms with van der Waals surface area (Å²) in [6.45, 7) is 0. The van der Waals surface area contributed by atoms with E-state index < -0.39 is 20.8 Å². The molecule has 0 atom stereocenters. The average molecular weight is 263 g/mol. The normalized spacial score (nSPS) is 9.67. The van der Waals surface area contributed by atoms with E-state index in [1.54, 1.807) is 0 Å². The highest BCUT2D eigenvalue weighted by molar-refractivity contribution is 7.79. The Morgan fingerprint density at radius 3 is 0.583 bits per heavy atom. The lowest BCUT2D eigenvalue weighted by Gasteiger charge is -2.06. The van der Waals surface area contributed by atoms with Gasteiger partial charge in [-0.05, 0) is 0 Å². The lowest BCUT2D eigenvalue weighted by Crippen LogP contribution is -3.00. The van der Waals surface area contributed by atoms with Crippen molar-refractivity contribution in [2.45, 2.75) is 0 Å². The molecule has 0 aliphatic rings. The van der Waals surface area contributed by atoms with Crippen LogP contribution < -0.4 is 24.8 Å². The lowest BCUT2D eigenvalue weighted by atomic mass is 15.8. The maximum Gasteiger partial charge on any atom is 0.0311 e. The molecular weight excluding hydrogens is 263 g/mol. The fraction of sp³-hybridized carbons (Fsp3) is 0. The van der Waals surface area contributed by atoms with Crippen molar-refractivity contribution < 1.29 is 59.9 Å². The summed E-state index contributed by atoms with van der Waals surface area (Å²) in [6, 6.07) is 0. The fourth-order valence-electron chi connectivity index (χ4n) is 0. The smallest absolute Gasteiger partial charge is 0.0311 e. The van der Waals surface area contributed by atoms with Gasteiger partial charge in [-0.2, -0.15) is 0 Å². The Kier molecular flexibility index (Phi) is 15.1. The maximum absolute atomic E-state index is 8.52. The van der Waals surface area contributed by atoms with Gasteiger partial charge in [-0.1, -0.05) is 0 Å². The van der Waals surface area contributed by atoms with E-state index in [9.17, 15) is 0 Å². The third kappa shape index (κ3) is 8750. The Balaban J connectivity index is -0.0000000457. The molecule has 0 N–H and O–H groups in total. The number of halogens is 2. The van der Waals surface area contributed by atoms with Gasteiger partial charge >= 0.3 is 0 Å². The van der Waals surface area contributed by atoms with E-state index in [2.05, 4.69) is 0 Å². The topological polar surface area (TPSA) is 161 Å². The predicted molar refractivity (Wildman–Crippen MR) is 20.9 cm³/mol. The molecule has 0 aromatic heterocycles.